The van der Waals surface area contributed by atoms with E-state index in [2.05, 4.69) is 10.6 Å². The molecule has 1 rings (SSSR count). The van der Waals surface area contributed by atoms with Gasteiger partial charge in [-0.2, -0.15) is 11.8 Å². The van der Waals surface area contributed by atoms with Crippen molar-refractivity contribution in [2.45, 2.75) is 58.2 Å². The average Bonchev–Trinajstić information content (AvgIpc) is 2.25. The summed E-state index contributed by atoms with van der Waals surface area (Å²) in [5.41, 5.74) is -0.433. The summed E-state index contributed by atoms with van der Waals surface area (Å²) in [5.74, 6) is 2.46. The molecule has 0 bridgehead atoms. The predicted octanol–water partition coefficient (Wildman–Crippen LogP) is 2.38. The first-order chi connectivity index (χ1) is 8.37. The van der Waals surface area contributed by atoms with Crippen LogP contribution < -0.4 is 10.6 Å². The first-order valence-corrected chi connectivity index (χ1v) is 7.83. The number of hydrogen-bond acceptors (Lipinski definition) is 4. The molecule has 0 aromatic heterocycles. The lowest BCUT2D eigenvalue weighted by molar-refractivity contribution is 0.0507. The van der Waals surface area contributed by atoms with Crippen molar-refractivity contribution in [3.8, 4) is 0 Å². The Kier molecular flexibility index (Phi) is 6.29. The minimum absolute atomic E-state index is 0.0896. The van der Waals surface area contributed by atoms with Crippen LogP contribution in [0.5, 0.6) is 0 Å². The van der Waals surface area contributed by atoms with E-state index in [0.29, 0.717) is 6.04 Å². The Labute approximate surface area is 115 Å². The topological polar surface area (TPSA) is 50.4 Å². The van der Waals surface area contributed by atoms with Gasteiger partial charge in [0.05, 0.1) is 0 Å². The van der Waals surface area contributed by atoms with Gasteiger partial charge in [0.2, 0.25) is 0 Å². The number of carbonyl (C=O) groups excluding carboxylic acids is 1. The third-order valence-corrected chi connectivity index (χ3v) is 3.85. The van der Waals surface area contributed by atoms with E-state index in [0.717, 1.165) is 6.54 Å². The molecule has 1 heterocycles. The Morgan fingerprint density at radius 2 is 2.22 bits per heavy atom. The SMILES string of the molecule is CC(CNC1CCCSC1)NC(=O)OC(C)(C)C. The van der Waals surface area contributed by atoms with Crippen LogP contribution in [-0.4, -0.2) is 41.8 Å². The van der Waals surface area contributed by atoms with Crippen LogP contribution in [-0.2, 0) is 4.74 Å². The smallest absolute Gasteiger partial charge is 0.407 e. The van der Waals surface area contributed by atoms with Gasteiger partial charge in [-0.1, -0.05) is 0 Å². The number of hydrogen-bond donors (Lipinski definition) is 2. The molecule has 1 fully saturated rings. The molecule has 0 aromatic rings. The molecule has 2 N–H and O–H groups in total. The maximum Gasteiger partial charge on any atom is 0.407 e. The molecule has 18 heavy (non-hydrogen) atoms. The normalized spacial score (nSPS) is 22.3. The number of alkyl carbamates (subject to hydrolysis) is 1. The fourth-order valence-electron chi connectivity index (χ4n) is 1.80. The highest BCUT2D eigenvalue weighted by Gasteiger charge is 2.18. The van der Waals surface area contributed by atoms with Gasteiger partial charge in [-0.15, -0.1) is 0 Å². The van der Waals surface area contributed by atoms with Crippen LogP contribution in [0.15, 0.2) is 0 Å². The molecule has 1 aliphatic heterocycles. The van der Waals surface area contributed by atoms with Crippen LogP contribution in [0.1, 0.15) is 40.5 Å². The van der Waals surface area contributed by atoms with Crippen LogP contribution in [0, 0.1) is 0 Å². The van der Waals surface area contributed by atoms with E-state index >= 15 is 0 Å². The van der Waals surface area contributed by atoms with E-state index in [4.69, 9.17) is 4.74 Å². The van der Waals surface area contributed by atoms with Crippen molar-refractivity contribution >= 4 is 17.9 Å². The summed E-state index contributed by atoms with van der Waals surface area (Å²) >= 11 is 2.00. The zero-order valence-corrected chi connectivity index (χ0v) is 12.7. The average molecular weight is 274 g/mol. The molecule has 2 atom stereocenters. The molecule has 0 spiro atoms. The highest BCUT2D eigenvalue weighted by molar-refractivity contribution is 7.99. The second kappa shape index (κ2) is 7.24. The lowest BCUT2D eigenvalue weighted by Crippen LogP contribution is -2.46. The van der Waals surface area contributed by atoms with Gasteiger partial charge in [-0.3, -0.25) is 0 Å². The second-order valence-electron chi connectivity index (χ2n) is 5.87. The second-order valence-corrected chi connectivity index (χ2v) is 7.02. The van der Waals surface area contributed by atoms with Gasteiger partial charge in [0.25, 0.3) is 0 Å². The molecule has 2 unspecified atom stereocenters. The Balaban J connectivity index is 2.16. The van der Waals surface area contributed by atoms with Crippen molar-refractivity contribution in [1.29, 1.82) is 0 Å². The van der Waals surface area contributed by atoms with Crippen molar-refractivity contribution in [2.24, 2.45) is 0 Å². The fraction of sp³-hybridized carbons (Fsp3) is 0.923. The van der Waals surface area contributed by atoms with Gasteiger partial charge in [0.15, 0.2) is 0 Å². The number of rotatable bonds is 4. The monoisotopic (exact) mass is 274 g/mol. The van der Waals surface area contributed by atoms with Crippen molar-refractivity contribution in [3.05, 3.63) is 0 Å². The van der Waals surface area contributed by atoms with E-state index in [9.17, 15) is 4.79 Å². The number of nitrogens with one attached hydrogen (secondary N) is 2. The minimum atomic E-state index is -0.433. The maximum absolute atomic E-state index is 11.6. The molecule has 4 nitrogen and oxygen atoms in total. The standard InChI is InChI=1S/C13H26N2O2S/c1-10(15-12(16)17-13(2,3)4)8-14-11-6-5-7-18-9-11/h10-11,14H,5-9H2,1-4H3,(H,15,16). The van der Waals surface area contributed by atoms with Crippen molar-refractivity contribution < 1.29 is 9.53 Å². The molecular weight excluding hydrogens is 248 g/mol. The van der Waals surface area contributed by atoms with Gasteiger partial charge in [-0.05, 0) is 46.3 Å². The third kappa shape index (κ3) is 7.11. The largest absolute Gasteiger partial charge is 0.444 e. The molecule has 0 aromatic carbocycles. The summed E-state index contributed by atoms with van der Waals surface area (Å²) in [6, 6.07) is 0.679. The summed E-state index contributed by atoms with van der Waals surface area (Å²) in [5, 5.41) is 6.34. The quantitative estimate of drug-likeness (QED) is 0.826. The van der Waals surface area contributed by atoms with Gasteiger partial charge in [0.1, 0.15) is 5.60 Å². The molecule has 0 radical (unpaired) electrons. The minimum Gasteiger partial charge on any atom is -0.444 e. The molecule has 1 aliphatic rings. The maximum atomic E-state index is 11.6. The van der Waals surface area contributed by atoms with Crippen molar-refractivity contribution in [3.63, 3.8) is 0 Å². The van der Waals surface area contributed by atoms with Crippen LogP contribution >= 0.6 is 11.8 Å². The van der Waals surface area contributed by atoms with Crippen molar-refractivity contribution in [1.82, 2.24) is 10.6 Å². The number of ether oxygens (including phenoxy) is 1. The van der Waals surface area contributed by atoms with E-state index in [1.807, 2.05) is 39.5 Å². The van der Waals surface area contributed by atoms with Gasteiger partial charge >= 0.3 is 6.09 Å². The summed E-state index contributed by atoms with van der Waals surface area (Å²) in [6.07, 6.45) is 2.19. The van der Waals surface area contributed by atoms with Crippen LogP contribution in [0.2, 0.25) is 0 Å². The number of thioether (sulfide) groups is 1. The summed E-state index contributed by atoms with van der Waals surface area (Å²) in [7, 11) is 0. The number of amides is 1. The molecular formula is C13H26N2O2S. The van der Waals surface area contributed by atoms with Crippen LogP contribution in [0.4, 0.5) is 4.79 Å². The molecule has 5 heteroatoms. The Bertz CT molecular complexity index is 260. The van der Waals surface area contributed by atoms with Crippen molar-refractivity contribution in [2.75, 3.05) is 18.1 Å². The first kappa shape index (κ1) is 15.6. The molecule has 0 aliphatic carbocycles. The lowest BCUT2D eigenvalue weighted by atomic mass is 10.2. The van der Waals surface area contributed by atoms with Gasteiger partial charge in [-0.25, -0.2) is 4.79 Å². The van der Waals surface area contributed by atoms with E-state index in [1.54, 1.807) is 0 Å². The Morgan fingerprint density at radius 1 is 1.50 bits per heavy atom. The summed E-state index contributed by atoms with van der Waals surface area (Å²) in [6.45, 7) is 8.40. The van der Waals surface area contributed by atoms with Crippen LogP contribution in [0.25, 0.3) is 0 Å². The first-order valence-electron chi connectivity index (χ1n) is 6.67. The highest BCUT2D eigenvalue weighted by atomic mass is 32.2. The third-order valence-electron chi connectivity index (χ3n) is 2.64. The molecule has 106 valence electrons. The van der Waals surface area contributed by atoms with Gasteiger partial charge < -0.3 is 15.4 Å². The van der Waals surface area contributed by atoms with E-state index < -0.39 is 5.60 Å². The zero-order chi connectivity index (χ0) is 13.6. The lowest BCUT2D eigenvalue weighted by Gasteiger charge is -2.25. The zero-order valence-electron chi connectivity index (χ0n) is 11.9. The molecule has 0 saturated carbocycles. The summed E-state index contributed by atoms with van der Waals surface area (Å²) < 4.78 is 5.22. The number of carbonyl (C=O) groups is 1. The van der Waals surface area contributed by atoms with E-state index in [-0.39, 0.29) is 12.1 Å². The Hall–Kier alpha value is -0.420. The summed E-state index contributed by atoms with van der Waals surface area (Å²) in [4.78, 5) is 11.6. The molecule has 1 amide bonds. The fourth-order valence-corrected chi connectivity index (χ4v) is 2.91. The Morgan fingerprint density at radius 3 is 2.78 bits per heavy atom. The molecule has 1 saturated heterocycles. The predicted molar refractivity (Wildman–Crippen MR) is 77.2 cm³/mol. The van der Waals surface area contributed by atoms with E-state index in [1.165, 1.54) is 24.3 Å². The highest BCUT2D eigenvalue weighted by Crippen LogP contribution is 2.16. The van der Waals surface area contributed by atoms with Crippen LogP contribution in [0.3, 0.4) is 0 Å². The van der Waals surface area contributed by atoms with Gasteiger partial charge in [0, 0.05) is 24.4 Å².